The molecule has 1 fully saturated rings. The average molecular weight is 291 g/mol. The number of rotatable bonds is 5. The van der Waals surface area contributed by atoms with Crippen molar-refractivity contribution in [2.45, 2.75) is 58.5 Å². The largest absolute Gasteiger partial charge is 0.352 e. The zero-order valence-electron chi connectivity index (χ0n) is 14.8. The maximum absolute atomic E-state index is 3.74. The van der Waals surface area contributed by atoms with Crippen molar-refractivity contribution in [1.82, 2.24) is 14.8 Å². The Balaban J connectivity index is 1.98. The number of nitrogens with one attached hydrogen (secondary N) is 1. The van der Waals surface area contributed by atoms with Gasteiger partial charge in [0.05, 0.1) is 0 Å². The van der Waals surface area contributed by atoms with E-state index in [1.807, 2.05) is 0 Å². The van der Waals surface area contributed by atoms with E-state index >= 15 is 0 Å². The highest BCUT2D eigenvalue weighted by Crippen LogP contribution is 2.35. The Morgan fingerprint density at radius 2 is 2.10 bits per heavy atom. The molecule has 0 bridgehead atoms. The van der Waals surface area contributed by atoms with Gasteiger partial charge in [-0.1, -0.05) is 19.8 Å². The molecule has 0 aliphatic heterocycles. The Hall–Kier alpha value is -0.800. The van der Waals surface area contributed by atoms with E-state index in [0.717, 1.165) is 19.0 Å². The van der Waals surface area contributed by atoms with Crippen LogP contribution in [-0.4, -0.2) is 35.6 Å². The summed E-state index contributed by atoms with van der Waals surface area (Å²) in [6, 6.07) is 2.31. The molecule has 0 amide bonds. The summed E-state index contributed by atoms with van der Waals surface area (Å²) in [6.07, 6.45) is 5.40. The standard InChI is InChI=1S/C18H33N3/c1-14-8-7-9-18(11-14,20(4)5)13-19-12-17-10-15(2)21(6)16(17)3/h10,14,19H,7-9,11-13H2,1-6H3. The summed E-state index contributed by atoms with van der Waals surface area (Å²) in [4.78, 5) is 2.46. The minimum absolute atomic E-state index is 0.343. The van der Waals surface area contributed by atoms with Gasteiger partial charge in [0, 0.05) is 37.1 Å². The third kappa shape index (κ3) is 3.51. The van der Waals surface area contributed by atoms with Gasteiger partial charge in [0.1, 0.15) is 0 Å². The number of aromatic nitrogens is 1. The first kappa shape index (κ1) is 16.6. The first-order valence-corrected chi connectivity index (χ1v) is 8.35. The minimum Gasteiger partial charge on any atom is -0.352 e. The van der Waals surface area contributed by atoms with Crippen LogP contribution in [0.2, 0.25) is 0 Å². The highest BCUT2D eigenvalue weighted by molar-refractivity contribution is 5.26. The molecular weight excluding hydrogens is 258 g/mol. The zero-order chi connectivity index (χ0) is 15.6. The summed E-state index contributed by atoms with van der Waals surface area (Å²) >= 11 is 0. The summed E-state index contributed by atoms with van der Waals surface area (Å²) in [7, 11) is 6.65. The first-order chi connectivity index (χ1) is 9.85. The van der Waals surface area contributed by atoms with Gasteiger partial charge in [-0.2, -0.15) is 0 Å². The van der Waals surface area contributed by atoms with E-state index in [1.54, 1.807) is 0 Å². The molecule has 0 saturated heterocycles. The fraction of sp³-hybridized carbons (Fsp3) is 0.778. The lowest BCUT2D eigenvalue weighted by atomic mass is 9.75. The molecule has 0 radical (unpaired) electrons. The van der Waals surface area contributed by atoms with Crippen LogP contribution >= 0.6 is 0 Å². The molecule has 2 atom stereocenters. The Kier molecular flexibility index (Phi) is 5.15. The molecule has 1 N–H and O–H groups in total. The summed E-state index contributed by atoms with van der Waals surface area (Å²) in [6.45, 7) is 8.88. The van der Waals surface area contributed by atoms with Crippen LogP contribution in [-0.2, 0) is 13.6 Å². The van der Waals surface area contributed by atoms with Crippen LogP contribution in [0.4, 0.5) is 0 Å². The van der Waals surface area contributed by atoms with Crippen LogP contribution in [0.5, 0.6) is 0 Å². The first-order valence-electron chi connectivity index (χ1n) is 8.35. The second-order valence-corrected chi connectivity index (χ2v) is 7.38. The van der Waals surface area contributed by atoms with E-state index in [0.29, 0.717) is 5.54 Å². The second-order valence-electron chi connectivity index (χ2n) is 7.38. The van der Waals surface area contributed by atoms with Crippen molar-refractivity contribution in [2.75, 3.05) is 20.6 Å². The Labute approximate surface area is 130 Å². The van der Waals surface area contributed by atoms with E-state index in [4.69, 9.17) is 0 Å². The Morgan fingerprint density at radius 1 is 1.38 bits per heavy atom. The molecule has 120 valence electrons. The Bertz CT molecular complexity index is 475. The van der Waals surface area contributed by atoms with Crippen molar-refractivity contribution in [1.29, 1.82) is 0 Å². The quantitative estimate of drug-likeness (QED) is 0.898. The molecule has 1 saturated carbocycles. The number of nitrogens with zero attached hydrogens (tertiary/aromatic N) is 2. The maximum Gasteiger partial charge on any atom is 0.0330 e. The second kappa shape index (κ2) is 6.53. The van der Waals surface area contributed by atoms with Crippen molar-refractivity contribution in [2.24, 2.45) is 13.0 Å². The lowest BCUT2D eigenvalue weighted by Crippen LogP contribution is -2.54. The van der Waals surface area contributed by atoms with Crippen molar-refractivity contribution < 1.29 is 0 Å². The maximum atomic E-state index is 3.74. The van der Waals surface area contributed by atoms with Crippen molar-refractivity contribution >= 4 is 0 Å². The van der Waals surface area contributed by atoms with E-state index in [-0.39, 0.29) is 0 Å². The molecule has 21 heavy (non-hydrogen) atoms. The van der Waals surface area contributed by atoms with Gasteiger partial charge in [-0.25, -0.2) is 0 Å². The molecule has 3 heteroatoms. The molecule has 1 aromatic heterocycles. The summed E-state index contributed by atoms with van der Waals surface area (Å²) < 4.78 is 2.28. The van der Waals surface area contributed by atoms with Crippen LogP contribution in [0.1, 0.15) is 49.6 Å². The van der Waals surface area contributed by atoms with Crippen molar-refractivity contribution in [3.63, 3.8) is 0 Å². The summed E-state index contributed by atoms with van der Waals surface area (Å²) in [5.41, 5.74) is 4.51. The van der Waals surface area contributed by atoms with E-state index in [1.165, 1.54) is 42.6 Å². The van der Waals surface area contributed by atoms with E-state index in [2.05, 4.69) is 62.8 Å². The monoisotopic (exact) mass is 291 g/mol. The smallest absolute Gasteiger partial charge is 0.0330 e. The van der Waals surface area contributed by atoms with Crippen LogP contribution in [0, 0.1) is 19.8 Å². The normalized spacial score (nSPS) is 26.5. The molecule has 0 spiro atoms. The highest BCUT2D eigenvalue weighted by Gasteiger charge is 2.36. The third-order valence-corrected chi connectivity index (χ3v) is 5.67. The molecule has 1 aromatic rings. The van der Waals surface area contributed by atoms with Crippen LogP contribution in [0.15, 0.2) is 6.07 Å². The molecule has 1 heterocycles. The topological polar surface area (TPSA) is 20.2 Å². The van der Waals surface area contributed by atoms with Crippen LogP contribution < -0.4 is 5.32 Å². The number of aryl methyl sites for hydroxylation is 1. The molecule has 2 unspecified atom stereocenters. The van der Waals surface area contributed by atoms with Crippen LogP contribution in [0.3, 0.4) is 0 Å². The number of hydrogen-bond acceptors (Lipinski definition) is 2. The SMILES string of the molecule is Cc1cc(CNCC2(N(C)C)CCCC(C)C2)c(C)n1C. The highest BCUT2D eigenvalue weighted by atomic mass is 15.2. The fourth-order valence-corrected chi connectivity index (χ4v) is 3.90. The minimum atomic E-state index is 0.343. The van der Waals surface area contributed by atoms with Gasteiger partial charge in [-0.05, 0) is 58.3 Å². The molecule has 1 aliphatic carbocycles. The molecule has 0 aromatic carbocycles. The van der Waals surface area contributed by atoms with Gasteiger partial charge in [-0.15, -0.1) is 0 Å². The van der Waals surface area contributed by atoms with Crippen LogP contribution in [0.25, 0.3) is 0 Å². The molecule has 1 aliphatic rings. The summed E-state index contributed by atoms with van der Waals surface area (Å²) in [5, 5.41) is 3.74. The fourth-order valence-electron chi connectivity index (χ4n) is 3.90. The average Bonchev–Trinajstić information content (AvgIpc) is 2.66. The molecule has 2 rings (SSSR count). The van der Waals surface area contributed by atoms with Gasteiger partial charge in [0.25, 0.3) is 0 Å². The molecule has 3 nitrogen and oxygen atoms in total. The third-order valence-electron chi connectivity index (χ3n) is 5.67. The lowest BCUT2D eigenvalue weighted by Gasteiger charge is -2.45. The number of likely N-dealkylation sites (N-methyl/N-ethyl adjacent to an activating group) is 1. The van der Waals surface area contributed by atoms with Gasteiger partial charge >= 0.3 is 0 Å². The number of hydrogen-bond donors (Lipinski definition) is 1. The molecular formula is C18H33N3. The zero-order valence-corrected chi connectivity index (χ0v) is 14.8. The van der Waals surface area contributed by atoms with E-state index < -0.39 is 0 Å². The van der Waals surface area contributed by atoms with Crippen molar-refractivity contribution in [3.8, 4) is 0 Å². The van der Waals surface area contributed by atoms with Gasteiger partial charge in [0.15, 0.2) is 0 Å². The van der Waals surface area contributed by atoms with Gasteiger partial charge < -0.3 is 14.8 Å². The van der Waals surface area contributed by atoms with Gasteiger partial charge in [0.2, 0.25) is 0 Å². The summed E-state index contributed by atoms with van der Waals surface area (Å²) in [5.74, 6) is 0.851. The Morgan fingerprint density at radius 3 is 2.62 bits per heavy atom. The van der Waals surface area contributed by atoms with Gasteiger partial charge in [-0.3, -0.25) is 0 Å². The van der Waals surface area contributed by atoms with E-state index in [9.17, 15) is 0 Å². The predicted molar refractivity (Wildman–Crippen MR) is 90.6 cm³/mol. The predicted octanol–water partition coefficient (Wildman–Crippen LogP) is 3.24. The lowest BCUT2D eigenvalue weighted by molar-refractivity contribution is 0.0749. The van der Waals surface area contributed by atoms with Crippen molar-refractivity contribution in [3.05, 3.63) is 23.0 Å².